The standard InChI is InChI=1S/C15H20N4O2/c1-4-19(11-15(21)18(2)3)10-14(20)17-13-7-5-6-12(8-13)9-16/h5-8H,4,10-11H2,1-3H3,(H,17,20). The number of anilines is 1. The van der Waals surface area contributed by atoms with E-state index >= 15 is 0 Å². The highest BCUT2D eigenvalue weighted by Crippen LogP contribution is 2.09. The second kappa shape index (κ2) is 8.02. The lowest BCUT2D eigenvalue weighted by Crippen LogP contribution is -2.40. The summed E-state index contributed by atoms with van der Waals surface area (Å²) in [4.78, 5) is 26.9. The van der Waals surface area contributed by atoms with Gasteiger partial charge < -0.3 is 10.2 Å². The van der Waals surface area contributed by atoms with E-state index < -0.39 is 0 Å². The minimum absolute atomic E-state index is 0.0453. The van der Waals surface area contributed by atoms with Crippen LogP contribution in [0.1, 0.15) is 12.5 Å². The molecule has 2 amide bonds. The van der Waals surface area contributed by atoms with Gasteiger partial charge in [0.2, 0.25) is 11.8 Å². The van der Waals surface area contributed by atoms with Crippen LogP contribution < -0.4 is 5.32 Å². The van der Waals surface area contributed by atoms with Crippen molar-refractivity contribution >= 4 is 17.5 Å². The number of likely N-dealkylation sites (N-methyl/N-ethyl adjacent to an activating group) is 2. The molecule has 0 heterocycles. The van der Waals surface area contributed by atoms with E-state index in [1.165, 1.54) is 4.90 Å². The van der Waals surface area contributed by atoms with Gasteiger partial charge in [0.05, 0.1) is 24.7 Å². The van der Waals surface area contributed by atoms with E-state index in [4.69, 9.17) is 5.26 Å². The summed E-state index contributed by atoms with van der Waals surface area (Å²) in [5.41, 5.74) is 1.07. The second-order valence-electron chi connectivity index (χ2n) is 4.83. The highest BCUT2D eigenvalue weighted by atomic mass is 16.2. The van der Waals surface area contributed by atoms with E-state index in [1.807, 2.05) is 13.0 Å². The Hall–Kier alpha value is -2.39. The molecule has 0 saturated heterocycles. The van der Waals surface area contributed by atoms with Crippen molar-refractivity contribution in [1.82, 2.24) is 9.80 Å². The topological polar surface area (TPSA) is 76.4 Å². The maximum atomic E-state index is 12.0. The highest BCUT2D eigenvalue weighted by Gasteiger charge is 2.14. The number of amides is 2. The molecule has 0 saturated carbocycles. The Bertz CT molecular complexity index is 549. The zero-order valence-corrected chi connectivity index (χ0v) is 12.6. The van der Waals surface area contributed by atoms with Crippen LogP contribution in [-0.2, 0) is 9.59 Å². The molecule has 112 valence electrons. The molecule has 1 aromatic rings. The molecule has 6 heteroatoms. The fourth-order valence-corrected chi connectivity index (χ4v) is 1.68. The van der Waals surface area contributed by atoms with Gasteiger partial charge in [-0.15, -0.1) is 0 Å². The molecule has 0 fully saturated rings. The van der Waals surface area contributed by atoms with Gasteiger partial charge in [-0.2, -0.15) is 5.26 Å². The molecule has 1 aromatic carbocycles. The third kappa shape index (κ3) is 5.63. The largest absolute Gasteiger partial charge is 0.348 e. The molecule has 1 N–H and O–H groups in total. The van der Waals surface area contributed by atoms with Gasteiger partial charge in [0, 0.05) is 19.8 Å². The van der Waals surface area contributed by atoms with Crippen LogP contribution in [-0.4, -0.2) is 55.3 Å². The van der Waals surface area contributed by atoms with Gasteiger partial charge in [0.15, 0.2) is 0 Å². The van der Waals surface area contributed by atoms with Crippen molar-refractivity contribution < 1.29 is 9.59 Å². The second-order valence-corrected chi connectivity index (χ2v) is 4.83. The summed E-state index contributed by atoms with van der Waals surface area (Å²) in [6.45, 7) is 2.83. The van der Waals surface area contributed by atoms with E-state index in [2.05, 4.69) is 5.32 Å². The molecule has 21 heavy (non-hydrogen) atoms. The molecule has 0 atom stereocenters. The van der Waals surface area contributed by atoms with Crippen LogP contribution in [0.4, 0.5) is 5.69 Å². The predicted octanol–water partition coefficient (Wildman–Crippen LogP) is 0.907. The van der Waals surface area contributed by atoms with Gasteiger partial charge >= 0.3 is 0 Å². The fraction of sp³-hybridized carbons (Fsp3) is 0.400. The van der Waals surface area contributed by atoms with Crippen molar-refractivity contribution in [2.24, 2.45) is 0 Å². The summed E-state index contributed by atoms with van der Waals surface area (Å²) in [6.07, 6.45) is 0. The molecule has 0 bridgehead atoms. The lowest BCUT2D eigenvalue weighted by atomic mass is 10.2. The molecule has 0 aliphatic heterocycles. The third-order valence-electron chi connectivity index (χ3n) is 2.95. The molecule has 6 nitrogen and oxygen atoms in total. The van der Waals surface area contributed by atoms with Gasteiger partial charge in [0.25, 0.3) is 0 Å². The quantitative estimate of drug-likeness (QED) is 0.844. The van der Waals surface area contributed by atoms with Gasteiger partial charge in [-0.3, -0.25) is 14.5 Å². The molecule has 0 spiro atoms. The van der Waals surface area contributed by atoms with E-state index in [-0.39, 0.29) is 24.9 Å². The average molecular weight is 288 g/mol. The molecule has 0 radical (unpaired) electrons. The Morgan fingerprint density at radius 1 is 1.29 bits per heavy atom. The molecule has 0 aromatic heterocycles. The van der Waals surface area contributed by atoms with Crippen molar-refractivity contribution in [3.8, 4) is 6.07 Å². The number of carbonyl (C=O) groups is 2. The summed E-state index contributed by atoms with van der Waals surface area (Å²) >= 11 is 0. The fourth-order valence-electron chi connectivity index (χ4n) is 1.68. The molecule has 1 rings (SSSR count). The lowest BCUT2D eigenvalue weighted by molar-refractivity contribution is -0.130. The molecular weight excluding hydrogens is 268 g/mol. The first-order valence-corrected chi connectivity index (χ1v) is 6.68. The van der Waals surface area contributed by atoms with Gasteiger partial charge in [-0.1, -0.05) is 13.0 Å². The third-order valence-corrected chi connectivity index (χ3v) is 2.95. The van der Waals surface area contributed by atoms with E-state index in [1.54, 1.807) is 43.3 Å². The first-order chi connectivity index (χ1) is 9.96. The number of nitriles is 1. The highest BCUT2D eigenvalue weighted by molar-refractivity contribution is 5.92. The van der Waals surface area contributed by atoms with Crippen LogP contribution in [0.15, 0.2) is 24.3 Å². The smallest absolute Gasteiger partial charge is 0.238 e. The van der Waals surface area contributed by atoms with Crippen molar-refractivity contribution in [3.63, 3.8) is 0 Å². The number of rotatable bonds is 6. The Labute approximate surface area is 125 Å². The number of benzene rings is 1. The molecular formula is C15H20N4O2. The van der Waals surface area contributed by atoms with E-state index in [0.29, 0.717) is 17.8 Å². The summed E-state index contributed by atoms with van der Waals surface area (Å²) in [6, 6.07) is 8.73. The lowest BCUT2D eigenvalue weighted by Gasteiger charge is -2.21. The van der Waals surface area contributed by atoms with Crippen molar-refractivity contribution in [2.45, 2.75) is 6.92 Å². The number of carbonyl (C=O) groups excluding carboxylic acids is 2. The minimum atomic E-state index is -0.210. The Kier molecular flexibility index (Phi) is 6.37. The first kappa shape index (κ1) is 16.7. The normalized spacial score (nSPS) is 10.0. The van der Waals surface area contributed by atoms with Crippen LogP contribution in [0, 0.1) is 11.3 Å². The predicted molar refractivity (Wildman–Crippen MR) is 80.6 cm³/mol. The number of hydrogen-bond donors (Lipinski definition) is 1. The minimum Gasteiger partial charge on any atom is -0.348 e. The summed E-state index contributed by atoms with van der Waals surface area (Å²) in [7, 11) is 3.37. The van der Waals surface area contributed by atoms with Crippen molar-refractivity contribution in [3.05, 3.63) is 29.8 Å². The van der Waals surface area contributed by atoms with Crippen molar-refractivity contribution in [1.29, 1.82) is 5.26 Å². The van der Waals surface area contributed by atoms with Crippen LogP contribution in [0.25, 0.3) is 0 Å². The van der Waals surface area contributed by atoms with Gasteiger partial charge in [0.1, 0.15) is 0 Å². The number of hydrogen-bond acceptors (Lipinski definition) is 4. The zero-order valence-electron chi connectivity index (χ0n) is 12.6. The van der Waals surface area contributed by atoms with Gasteiger partial charge in [-0.05, 0) is 24.7 Å². The van der Waals surface area contributed by atoms with Gasteiger partial charge in [-0.25, -0.2) is 0 Å². The van der Waals surface area contributed by atoms with Crippen molar-refractivity contribution in [2.75, 3.05) is 39.0 Å². The molecule has 0 aliphatic carbocycles. The van der Waals surface area contributed by atoms with Crippen LogP contribution >= 0.6 is 0 Å². The maximum absolute atomic E-state index is 12.0. The summed E-state index contributed by atoms with van der Waals surface area (Å²) in [5, 5.41) is 11.5. The van der Waals surface area contributed by atoms with Crippen LogP contribution in [0.3, 0.4) is 0 Å². The molecule has 0 unspecified atom stereocenters. The summed E-state index contributed by atoms with van der Waals surface area (Å²) < 4.78 is 0. The molecule has 0 aliphatic rings. The Balaban J connectivity index is 2.58. The summed E-state index contributed by atoms with van der Waals surface area (Å²) in [5.74, 6) is -0.255. The number of nitrogens with one attached hydrogen (secondary N) is 1. The van der Waals surface area contributed by atoms with E-state index in [0.717, 1.165) is 0 Å². The first-order valence-electron chi connectivity index (χ1n) is 6.68. The van der Waals surface area contributed by atoms with Crippen LogP contribution in [0.5, 0.6) is 0 Å². The van der Waals surface area contributed by atoms with E-state index in [9.17, 15) is 9.59 Å². The average Bonchev–Trinajstić information content (AvgIpc) is 2.46. The Morgan fingerprint density at radius 2 is 2.00 bits per heavy atom. The Morgan fingerprint density at radius 3 is 2.57 bits per heavy atom. The monoisotopic (exact) mass is 288 g/mol. The number of nitrogens with zero attached hydrogens (tertiary/aromatic N) is 3. The van der Waals surface area contributed by atoms with Crippen LogP contribution in [0.2, 0.25) is 0 Å². The SMILES string of the molecule is CCN(CC(=O)Nc1cccc(C#N)c1)CC(=O)N(C)C. The zero-order chi connectivity index (χ0) is 15.8. The maximum Gasteiger partial charge on any atom is 0.238 e.